The van der Waals surface area contributed by atoms with Crippen LogP contribution in [0, 0.1) is 0 Å². The van der Waals surface area contributed by atoms with Crippen LogP contribution in [0.5, 0.6) is 0 Å². The number of benzene rings is 1. The summed E-state index contributed by atoms with van der Waals surface area (Å²) in [7, 11) is 0. The van der Waals surface area contributed by atoms with Gasteiger partial charge in [-0.3, -0.25) is 4.98 Å². The molecule has 0 fully saturated rings. The fourth-order valence-electron chi connectivity index (χ4n) is 4.42. The zero-order valence-electron chi connectivity index (χ0n) is 22.5. The minimum Gasteiger partial charge on any atom is -0.475 e. The summed E-state index contributed by atoms with van der Waals surface area (Å²) >= 11 is 0. The second kappa shape index (κ2) is 12.4. The molecule has 1 aromatic heterocycles. The van der Waals surface area contributed by atoms with Crippen molar-refractivity contribution in [2.24, 2.45) is 0 Å². The SMILES string of the molecule is CC1(C)CCC(C)(C)c2cc(-c3cc(C4=CCNCC4)ccn3)ccc21.O=C(O)C(F)(F)F.O=C(O)C(F)(F)F. The maximum absolute atomic E-state index is 10.6. The Morgan fingerprint density at radius 2 is 1.35 bits per heavy atom. The van der Waals surface area contributed by atoms with Crippen LogP contribution in [-0.4, -0.2) is 52.6 Å². The van der Waals surface area contributed by atoms with Gasteiger partial charge in [0.2, 0.25) is 0 Å². The van der Waals surface area contributed by atoms with Crippen molar-refractivity contribution in [2.45, 2.75) is 70.1 Å². The molecule has 0 unspecified atom stereocenters. The average Bonchev–Trinajstić information content (AvgIpc) is 2.87. The summed E-state index contributed by atoms with van der Waals surface area (Å²) in [6, 6.07) is 11.4. The van der Waals surface area contributed by atoms with Crippen LogP contribution in [0.25, 0.3) is 16.8 Å². The van der Waals surface area contributed by atoms with Crippen LogP contribution >= 0.6 is 0 Å². The van der Waals surface area contributed by atoms with E-state index >= 15 is 0 Å². The number of aliphatic carboxylic acids is 2. The molecular formula is C28H32F6N2O4. The lowest BCUT2D eigenvalue weighted by Crippen LogP contribution is -2.33. The Labute approximate surface area is 228 Å². The molecule has 12 heteroatoms. The van der Waals surface area contributed by atoms with E-state index in [0.29, 0.717) is 0 Å². The Hall–Kier alpha value is -3.41. The highest BCUT2D eigenvalue weighted by atomic mass is 19.4. The third-order valence-electron chi connectivity index (χ3n) is 6.83. The molecule has 1 aliphatic carbocycles. The van der Waals surface area contributed by atoms with E-state index in [-0.39, 0.29) is 10.8 Å². The molecule has 220 valence electrons. The van der Waals surface area contributed by atoms with Gasteiger partial charge in [0.25, 0.3) is 0 Å². The second-order valence-corrected chi connectivity index (χ2v) is 10.7. The van der Waals surface area contributed by atoms with Crippen molar-refractivity contribution < 1.29 is 46.1 Å². The van der Waals surface area contributed by atoms with Crippen molar-refractivity contribution in [2.75, 3.05) is 13.1 Å². The Morgan fingerprint density at radius 3 is 1.82 bits per heavy atom. The number of aromatic nitrogens is 1. The predicted octanol–water partition coefficient (Wildman–Crippen LogP) is 6.74. The summed E-state index contributed by atoms with van der Waals surface area (Å²) < 4.78 is 63.5. The number of rotatable bonds is 2. The van der Waals surface area contributed by atoms with E-state index < -0.39 is 24.3 Å². The standard InChI is InChI=1S/C24H30N2.2C2HF3O2/c1-23(2)10-11-24(3,4)21-15-19(5-6-20(21)23)22-16-18(9-14-26-22)17-7-12-25-13-8-17;2*3-2(4,5)1(6)7/h5-7,9,14-16,25H,8,10-13H2,1-4H3;2*(H,6,7). The zero-order chi connectivity index (χ0) is 30.5. The Bertz CT molecular complexity index is 1230. The summed E-state index contributed by atoms with van der Waals surface area (Å²) in [5, 5.41) is 17.6. The molecule has 2 heterocycles. The highest BCUT2D eigenvalue weighted by Crippen LogP contribution is 2.46. The van der Waals surface area contributed by atoms with Gasteiger partial charge in [-0.1, -0.05) is 45.9 Å². The topological polar surface area (TPSA) is 99.5 Å². The van der Waals surface area contributed by atoms with Crippen LogP contribution in [0.1, 0.15) is 63.6 Å². The molecular weight excluding hydrogens is 542 g/mol. The smallest absolute Gasteiger partial charge is 0.475 e. The maximum Gasteiger partial charge on any atom is 0.490 e. The number of alkyl halides is 6. The number of nitrogens with zero attached hydrogens (tertiary/aromatic N) is 1. The van der Waals surface area contributed by atoms with Gasteiger partial charge in [-0.25, -0.2) is 9.59 Å². The molecule has 0 bridgehead atoms. The van der Waals surface area contributed by atoms with E-state index in [2.05, 4.69) is 69.4 Å². The predicted molar refractivity (Wildman–Crippen MR) is 138 cm³/mol. The molecule has 0 spiro atoms. The van der Waals surface area contributed by atoms with E-state index in [0.717, 1.165) is 25.2 Å². The van der Waals surface area contributed by atoms with Gasteiger partial charge in [-0.05, 0) is 77.1 Å². The largest absolute Gasteiger partial charge is 0.490 e. The molecule has 2 aliphatic rings. The van der Waals surface area contributed by atoms with Gasteiger partial charge in [0.15, 0.2) is 0 Å². The summed E-state index contributed by atoms with van der Waals surface area (Å²) in [6.45, 7) is 11.6. The number of hydrogen-bond acceptors (Lipinski definition) is 4. The van der Waals surface area contributed by atoms with Gasteiger partial charge >= 0.3 is 24.3 Å². The number of carbonyl (C=O) groups is 2. The van der Waals surface area contributed by atoms with E-state index in [4.69, 9.17) is 24.8 Å². The first-order chi connectivity index (χ1) is 18.3. The fourth-order valence-corrected chi connectivity index (χ4v) is 4.42. The molecule has 1 aliphatic heterocycles. The highest BCUT2D eigenvalue weighted by Gasteiger charge is 2.39. The van der Waals surface area contributed by atoms with Crippen molar-refractivity contribution in [3.05, 3.63) is 59.3 Å². The van der Waals surface area contributed by atoms with Crippen molar-refractivity contribution in [3.8, 4) is 11.3 Å². The first-order valence-corrected chi connectivity index (χ1v) is 12.4. The van der Waals surface area contributed by atoms with Crippen LogP contribution in [0.3, 0.4) is 0 Å². The number of halogens is 6. The van der Waals surface area contributed by atoms with Gasteiger partial charge in [0, 0.05) is 18.3 Å². The summed E-state index contributed by atoms with van der Waals surface area (Å²) in [5.74, 6) is -5.51. The molecule has 0 radical (unpaired) electrons. The first kappa shape index (κ1) is 32.8. The molecule has 4 rings (SSSR count). The molecule has 40 heavy (non-hydrogen) atoms. The van der Waals surface area contributed by atoms with Gasteiger partial charge in [-0.2, -0.15) is 26.3 Å². The Morgan fingerprint density at radius 1 is 0.825 bits per heavy atom. The van der Waals surface area contributed by atoms with Crippen molar-refractivity contribution in [1.82, 2.24) is 10.3 Å². The third-order valence-corrected chi connectivity index (χ3v) is 6.83. The van der Waals surface area contributed by atoms with Crippen LogP contribution < -0.4 is 5.32 Å². The second-order valence-electron chi connectivity index (χ2n) is 10.7. The minimum absolute atomic E-state index is 0.232. The number of nitrogens with one attached hydrogen (secondary N) is 1. The molecule has 3 N–H and O–H groups in total. The summed E-state index contributed by atoms with van der Waals surface area (Å²) in [6.07, 6.45) is -2.32. The van der Waals surface area contributed by atoms with E-state index in [9.17, 15) is 26.3 Å². The molecule has 0 amide bonds. The fraction of sp³-hybridized carbons (Fsp3) is 0.464. The van der Waals surface area contributed by atoms with Crippen LogP contribution in [0.15, 0.2) is 42.6 Å². The lowest BCUT2D eigenvalue weighted by Gasteiger charge is -2.42. The molecule has 0 saturated carbocycles. The maximum atomic E-state index is 10.6. The van der Waals surface area contributed by atoms with Crippen molar-refractivity contribution in [3.63, 3.8) is 0 Å². The molecule has 0 atom stereocenters. The lowest BCUT2D eigenvalue weighted by atomic mass is 9.63. The molecule has 1 aromatic carbocycles. The number of pyridine rings is 1. The monoisotopic (exact) mass is 574 g/mol. The molecule has 2 aromatic rings. The third kappa shape index (κ3) is 8.80. The van der Waals surface area contributed by atoms with Crippen LogP contribution in [-0.2, 0) is 20.4 Å². The minimum atomic E-state index is -5.08. The number of fused-ring (bicyclic) bond motifs is 1. The number of carboxylic acid groups (broad SMARTS) is 2. The van der Waals surface area contributed by atoms with Crippen LogP contribution in [0.4, 0.5) is 26.3 Å². The van der Waals surface area contributed by atoms with Crippen molar-refractivity contribution in [1.29, 1.82) is 0 Å². The van der Waals surface area contributed by atoms with Gasteiger partial charge in [0.1, 0.15) is 0 Å². The van der Waals surface area contributed by atoms with E-state index in [1.807, 2.05) is 6.20 Å². The normalized spacial score (nSPS) is 17.6. The number of hydrogen-bond donors (Lipinski definition) is 3. The van der Waals surface area contributed by atoms with E-state index in [1.165, 1.54) is 40.7 Å². The molecule has 0 saturated heterocycles. The van der Waals surface area contributed by atoms with Gasteiger partial charge in [0.05, 0.1) is 5.69 Å². The van der Waals surface area contributed by atoms with Gasteiger partial charge < -0.3 is 15.5 Å². The van der Waals surface area contributed by atoms with Crippen molar-refractivity contribution >= 4 is 17.5 Å². The summed E-state index contributed by atoms with van der Waals surface area (Å²) in [4.78, 5) is 22.5. The lowest BCUT2D eigenvalue weighted by molar-refractivity contribution is -0.193. The van der Waals surface area contributed by atoms with Crippen LogP contribution in [0.2, 0.25) is 0 Å². The average molecular weight is 575 g/mol. The Balaban J connectivity index is 0.000000333. The zero-order valence-corrected chi connectivity index (χ0v) is 22.5. The molecule has 6 nitrogen and oxygen atoms in total. The van der Waals surface area contributed by atoms with E-state index in [1.54, 1.807) is 0 Å². The number of carboxylic acids is 2. The highest BCUT2D eigenvalue weighted by molar-refractivity contribution is 5.73. The summed E-state index contributed by atoms with van der Waals surface area (Å²) in [5.41, 5.74) is 8.58. The quantitative estimate of drug-likeness (QED) is 0.344. The first-order valence-electron chi connectivity index (χ1n) is 12.4. The van der Waals surface area contributed by atoms with Gasteiger partial charge in [-0.15, -0.1) is 0 Å². The Kier molecular flexibility index (Phi) is 10.2.